The Bertz CT molecular complexity index is 1180. The fraction of sp³-hybridized carbons (Fsp3) is 0.208. The number of nitrogens with zero attached hydrogens (tertiary/aromatic N) is 4. The standard InChI is InChI=1S/C24H22N6O4/c31-21-24(22(32)28-23(33)27-21,30-14-12-29(13-15-30)20-16-25-10-11-26-20)17-6-8-19(9-7-17)34-18-4-2-1-3-5-18/h1-11,16H,12-15H2,(H2,27,28,31,32,33). The van der Waals surface area contributed by atoms with Crippen LogP contribution in [0.1, 0.15) is 5.56 Å². The van der Waals surface area contributed by atoms with E-state index in [0.717, 1.165) is 5.82 Å². The number of benzene rings is 2. The van der Waals surface area contributed by atoms with Crippen molar-refractivity contribution in [3.05, 3.63) is 78.8 Å². The van der Waals surface area contributed by atoms with Crippen LogP contribution in [0.4, 0.5) is 10.6 Å². The summed E-state index contributed by atoms with van der Waals surface area (Å²) in [6, 6.07) is 15.2. The first kappa shape index (κ1) is 21.5. The van der Waals surface area contributed by atoms with Gasteiger partial charge in [0.15, 0.2) is 0 Å². The quantitative estimate of drug-likeness (QED) is 0.555. The monoisotopic (exact) mass is 458 g/mol. The number of aromatic nitrogens is 2. The summed E-state index contributed by atoms with van der Waals surface area (Å²) in [4.78, 5) is 50.6. The smallest absolute Gasteiger partial charge is 0.328 e. The lowest BCUT2D eigenvalue weighted by molar-refractivity contribution is -0.149. The molecule has 1 aromatic heterocycles. The van der Waals surface area contributed by atoms with Gasteiger partial charge in [0.1, 0.15) is 17.3 Å². The highest BCUT2D eigenvalue weighted by molar-refractivity contribution is 6.22. The Morgan fingerprint density at radius 2 is 1.44 bits per heavy atom. The van der Waals surface area contributed by atoms with Gasteiger partial charge in [0.05, 0.1) is 6.20 Å². The molecule has 0 saturated carbocycles. The number of para-hydroxylation sites is 1. The zero-order valence-electron chi connectivity index (χ0n) is 18.2. The summed E-state index contributed by atoms with van der Waals surface area (Å²) in [5.41, 5.74) is -1.24. The van der Waals surface area contributed by atoms with Crippen LogP contribution in [0.2, 0.25) is 0 Å². The van der Waals surface area contributed by atoms with E-state index in [1.165, 1.54) is 0 Å². The highest BCUT2D eigenvalue weighted by Crippen LogP contribution is 2.34. The van der Waals surface area contributed by atoms with E-state index in [-0.39, 0.29) is 0 Å². The number of rotatable bonds is 5. The van der Waals surface area contributed by atoms with Crippen molar-refractivity contribution in [3.8, 4) is 11.5 Å². The van der Waals surface area contributed by atoms with E-state index in [1.807, 2.05) is 35.2 Å². The molecule has 4 amide bonds. The number of amides is 4. The van der Waals surface area contributed by atoms with E-state index >= 15 is 0 Å². The molecule has 0 radical (unpaired) electrons. The van der Waals surface area contributed by atoms with Crippen molar-refractivity contribution in [1.29, 1.82) is 0 Å². The molecule has 2 aliphatic rings. The molecule has 3 heterocycles. The molecule has 172 valence electrons. The molecule has 2 saturated heterocycles. The van der Waals surface area contributed by atoms with Crippen molar-refractivity contribution in [2.24, 2.45) is 0 Å². The summed E-state index contributed by atoms with van der Waals surface area (Å²) in [7, 11) is 0. The van der Waals surface area contributed by atoms with Gasteiger partial charge < -0.3 is 9.64 Å². The van der Waals surface area contributed by atoms with Gasteiger partial charge in [-0.15, -0.1) is 0 Å². The number of nitrogens with one attached hydrogen (secondary N) is 2. The molecule has 5 rings (SSSR count). The SMILES string of the molecule is O=C1NC(=O)C(c2ccc(Oc3ccccc3)cc2)(N2CCN(c3cnccn3)CC2)C(=O)N1. The highest BCUT2D eigenvalue weighted by atomic mass is 16.5. The van der Waals surface area contributed by atoms with Crippen LogP contribution in [0.3, 0.4) is 0 Å². The first-order valence-electron chi connectivity index (χ1n) is 10.8. The van der Waals surface area contributed by atoms with E-state index < -0.39 is 23.4 Å². The van der Waals surface area contributed by atoms with Gasteiger partial charge in [-0.25, -0.2) is 9.78 Å². The number of carbonyl (C=O) groups excluding carboxylic acids is 3. The summed E-state index contributed by atoms with van der Waals surface area (Å²) in [6.45, 7) is 1.86. The molecule has 10 nitrogen and oxygen atoms in total. The predicted molar refractivity (Wildman–Crippen MR) is 122 cm³/mol. The van der Waals surface area contributed by atoms with Crippen molar-refractivity contribution in [3.63, 3.8) is 0 Å². The normalized spacial score (nSPS) is 18.2. The van der Waals surface area contributed by atoms with E-state index in [2.05, 4.69) is 20.6 Å². The molecule has 2 aromatic carbocycles. The van der Waals surface area contributed by atoms with E-state index in [0.29, 0.717) is 43.2 Å². The highest BCUT2D eigenvalue weighted by Gasteiger charge is 2.56. The number of anilines is 1. The van der Waals surface area contributed by atoms with Crippen molar-refractivity contribution in [2.45, 2.75) is 5.54 Å². The van der Waals surface area contributed by atoms with E-state index in [4.69, 9.17) is 4.74 Å². The lowest BCUT2D eigenvalue weighted by atomic mass is 9.84. The summed E-state index contributed by atoms with van der Waals surface area (Å²) >= 11 is 0. The number of imide groups is 2. The van der Waals surface area contributed by atoms with Gasteiger partial charge in [-0.05, 0) is 29.8 Å². The van der Waals surface area contributed by atoms with Gasteiger partial charge in [-0.3, -0.25) is 30.1 Å². The largest absolute Gasteiger partial charge is 0.457 e. The lowest BCUT2D eigenvalue weighted by Crippen LogP contribution is -2.73. The summed E-state index contributed by atoms with van der Waals surface area (Å²) < 4.78 is 5.84. The van der Waals surface area contributed by atoms with Crippen molar-refractivity contribution in [1.82, 2.24) is 25.5 Å². The number of barbiturate groups is 1. The minimum absolute atomic E-state index is 0.397. The summed E-state index contributed by atoms with van der Waals surface area (Å²) in [6.07, 6.45) is 4.90. The van der Waals surface area contributed by atoms with Crippen LogP contribution in [0, 0.1) is 0 Å². The fourth-order valence-electron chi connectivity index (χ4n) is 4.37. The third kappa shape index (κ3) is 3.84. The van der Waals surface area contributed by atoms with Gasteiger partial charge in [0, 0.05) is 38.6 Å². The summed E-state index contributed by atoms with van der Waals surface area (Å²) in [5, 5.41) is 4.55. The van der Waals surface area contributed by atoms with Crippen LogP contribution in [0.5, 0.6) is 11.5 Å². The fourth-order valence-corrected chi connectivity index (χ4v) is 4.37. The van der Waals surface area contributed by atoms with Crippen LogP contribution in [0.15, 0.2) is 73.2 Å². The molecule has 0 aliphatic carbocycles. The van der Waals surface area contributed by atoms with E-state index in [9.17, 15) is 14.4 Å². The van der Waals surface area contributed by atoms with Crippen LogP contribution in [0.25, 0.3) is 0 Å². The maximum Gasteiger partial charge on any atom is 0.328 e. The molecule has 2 aliphatic heterocycles. The van der Waals surface area contributed by atoms with Gasteiger partial charge in [0.2, 0.25) is 5.54 Å². The Morgan fingerprint density at radius 1 is 0.794 bits per heavy atom. The molecule has 0 unspecified atom stereocenters. The van der Waals surface area contributed by atoms with Crippen LogP contribution in [-0.2, 0) is 15.1 Å². The molecular weight excluding hydrogens is 436 g/mol. The van der Waals surface area contributed by atoms with Crippen LogP contribution >= 0.6 is 0 Å². The van der Waals surface area contributed by atoms with Gasteiger partial charge in [-0.1, -0.05) is 30.3 Å². The molecule has 2 N–H and O–H groups in total. The second kappa shape index (κ2) is 8.91. The zero-order chi connectivity index (χ0) is 23.5. The number of hydrogen-bond donors (Lipinski definition) is 2. The molecule has 0 atom stereocenters. The third-order valence-corrected chi connectivity index (χ3v) is 5.99. The number of carbonyl (C=O) groups is 3. The number of piperazine rings is 1. The molecule has 34 heavy (non-hydrogen) atoms. The van der Waals surface area contributed by atoms with Gasteiger partial charge in [-0.2, -0.15) is 0 Å². The second-order valence-corrected chi connectivity index (χ2v) is 7.92. The second-order valence-electron chi connectivity index (χ2n) is 7.92. The Balaban J connectivity index is 1.44. The minimum Gasteiger partial charge on any atom is -0.457 e. The molecule has 2 fully saturated rings. The molecular formula is C24H22N6O4. The lowest BCUT2D eigenvalue weighted by Gasteiger charge is -2.46. The number of urea groups is 1. The maximum atomic E-state index is 13.3. The molecule has 10 heteroatoms. The summed E-state index contributed by atoms with van der Waals surface area (Å²) in [5.74, 6) is 0.609. The van der Waals surface area contributed by atoms with Crippen LogP contribution < -0.4 is 20.3 Å². The van der Waals surface area contributed by atoms with Crippen molar-refractivity contribution < 1.29 is 19.1 Å². The Kier molecular flexibility index (Phi) is 5.64. The Hall–Kier alpha value is -4.31. The average Bonchev–Trinajstić information content (AvgIpc) is 2.86. The molecule has 0 bridgehead atoms. The minimum atomic E-state index is -1.69. The number of hydrogen-bond acceptors (Lipinski definition) is 8. The van der Waals surface area contributed by atoms with E-state index in [1.54, 1.807) is 47.8 Å². The average molecular weight is 458 g/mol. The van der Waals surface area contributed by atoms with Gasteiger partial charge in [0.25, 0.3) is 11.8 Å². The van der Waals surface area contributed by atoms with Crippen molar-refractivity contribution in [2.75, 3.05) is 31.1 Å². The zero-order valence-corrected chi connectivity index (χ0v) is 18.2. The Morgan fingerprint density at radius 3 is 2.06 bits per heavy atom. The Labute approximate surface area is 195 Å². The third-order valence-electron chi connectivity index (χ3n) is 5.99. The van der Waals surface area contributed by atoms with Gasteiger partial charge >= 0.3 is 6.03 Å². The molecule has 3 aromatic rings. The first-order chi connectivity index (χ1) is 16.6. The maximum absolute atomic E-state index is 13.3. The van der Waals surface area contributed by atoms with Crippen LogP contribution in [-0.4, -0.2) is 58.9 Å². The predicted octanol–water partition coefficient (Wildman–Crippen LogP) is 1.65. The number of ether oxygens (including phenoxy) is 1. The topological polar surface area (TPSA) is 117 Å². The first-order valence-corrected chi connectivity index (χ1v) is 10.8. The molecule has 0 spiro atoms. The van der Waals surface area contributed by atoms with Crippen molar-refractivity contribution >= 4 is 23.7 Å².